The lowest BCUT2D eigenvalue weighted by Gasteiger charge is -2.48. The lowest BCUT2D eigenvalue weighted by Crippen LogP contribution is -2.55. The quantitative estimate of drug-likeness (QED) is 0.858. The molecule has 1 fully saturated rings. The second kappa shape index (κ2) is 5.93. The van der Waals surface area contributed by atoms with Crippen LogP contribution in [0.5, 0.6) is 5.75 Å². The SMILES string of the molecule is CCOc1ccc(C2(C(CO)C(C)C)COC2)cc1. The molecule has 0 saturated carbocycles. The minimum Gasteiger partial charge on any atom is -0.494 e. The summed E-state index contributed by atoms with van der Waals surface area (Å²) in [6.45, 7) is 8.59. The fourth-order valence-corrected chi connectivity index (χ4v) is 2.99. The van der Waals surface area contributed by atoms with Crippen molar-refractivity contribution in [1.29, 1.82) is 0 Å². The molecule has 19 heavy (non-hydrogen) atoms. The molecule has 0 amide bonds. The van der Waals surface area contributed by atoms with Gasteiger partial charge in [0.05, 0.1) is 19.8 Å². The van der Waals surface area contributed by atoms with Crippen molar-refractivity contribution in [2.45, 2.75) is 26.2 Å². The topological polar surface area (TPSA) is 38.7 Å². The molecule has 3 nitrogen and oxygen atoms in total. The van der Waals surface area contributed by atoms with Gasteiger partial charge in [0.15, 0.2) is 0 Å². The van der Waals surface area contributed by atoms with Crippen molar-refractivity contribution in [1.82, 2.24) is 0 Å². The molecule has 0 radical (unpaired) electrons. The first kappa shape index (κ1) is 14.4. The van der Waals surface area contributed by atoms with Gasteiger partial charge in [0.25, 0.3) is 0 Å². The Labute approximate surface area is 115 Å². The first-order valence-electron chi connectivity index (χ1n) is 7.06. The molecule has 1 atom stereocenters. The van der Waals surface area contributed by atoms with Gasteiger partial charge in [-0.05, 0) is 36.5 Å². The van der Waals surface area contributed by atoms with Crippen molar-refractivity contribution < 1.29 is 14.6 Å². The van der Waals surface area contributed by atoms with Crippen LogP contribution in [0.1, 0.15) is 26.3 Å². The largest absolute Gasteiger partial charge is 0.494 e. The third kappa shape index (κ3) is 2.63. The maximum absolute atomic E-state index is 9.72. The highest BCUT2D eigenvalue weighted by Gasteiger charge is 2.47. The number of aliphatic hydroxyl groups excluding tert-OH is 1. The summed E-state index contributed by atoms with van der Waals surface area (Å²) < 4.78 is 10.9. The zero-order valence-electron chi connectivity index (χ0n) is 12.1. The summed E-state index contributed by atoms with van der Waals surface area (Å²) in [5.41, 5.74) is 1.21. The van der Waals surface area contributed by atoms with Crippen LogP contribution >= 0.6 is 0 Å². The zero-order valence-corrected chi connectivity index (χ0v) is 12.1. The molecule has 106 valence electrons. The second-order valence-corrected chi connectivity index (χ2v) is 5.64. The van der Waals surface area contributed by atoms with Gasteiger partial charge in [-0.15, -0.1) is 0 Å². The maximum Gasteiger partial charge on any atom is 0.119 e. The van der Waals surface area contributed by atoms with E-state index in [4.69, 9.17) is 9.47 Å². The van der Waals surface area contributed by atoms with E-state index in [2.05, 4.69) is 26.0 Å². The van der Waals surface area contributed by atoms with Crippen LogP contribution < -0.4 is 4.74 Å². The van der Waals surface area contributed by atoms with Crippen molar-refractivity contribution in [3.8, 4) is 5.75 Å². The van der Waals surface area contributed by atoms with Gasteiger partial charge in [0.1, 0.15) is 5.75 Å². The summed E-state index contributed by atoms with van der Waals surface area (Å²) >= 11 is 0. The van der Waals surface area contributed by atoms with Crippen LogP contribution in [0, 0.1) is 11.8 Å². The Morgan fingerprint density at radius 2 is 1.89 bits per heavy atom. The fraction of sp³-hybridized carbons (Fsp3) is 0.625. The van der Waals surface area contributed by atoms with Crippen molar-refractivity contribution in [3.05, 3.63) is 29.8 Å². The molecule has 3 heteroatoms. The Hall–Kier alpha value is -1.06. The molecule has 1 aromatic rings. The Morgan fingerprint density at radius 1 is 1.26 bits per heavy atom. The normalized spacial score (nSPS) is 19.0. The van der Waals surface area contributed by atoms with E-state index < -0.39 is 0 Å². The number of rotatable bonds is 6. The van der Waals surface area contributed by atoms with Crippen LogP contribution in [0.25, 0.3) is 0 Å². The molecule has 0 aromatic heterocycles. The summed E-state index contributed by atoms with van der Waals surface area (Å²) in [4.78, 5) is 0. The summed E-state index contributed by atoms with van der Waals surface area (Å²) in [5, 5.41) is 9.72. The van der Waals surface area contributed by atoms with Gasteiger partial charge in [-0.2, -0.15) is 0 Å². The molecule has 1 aromatic carbocycles. The molecule has 1 saturated heterocycles. The molecule has 1 unspecified atom stereocenters. The minimum atomic E-state index is -0.0341. The Bertz CT molecular complexity index is 393. The van der Waals surface area contributed by atoms with Gasteiger partial charge in [0, 0.05) is 12.0 Å². The number of aliphatic hydroxyl groups is 1. The molecule has 1 heterocycles. The standard InChI is InChI=1S/C16H24O3/c1-4-19-14-7-5-13(6-8-14)16(10-18-11-16)15(9-17)12(2)3/h5-8,12,15,17H,4,9-11H2,1-3H3. The van der Waals surface area contributed by atoms with E-state index in [0.717, 1.165) is 5.75 Å². The molecule has 0 bridgehead atoms. The van der Waals surface area contributed by atoms with E-state index in [1.54, 1.807) is 0 Å². The summed E-state index contributed by atoms with van der Waals surface area (Å²) in [6.07, 6.45) is 0. The Balaban J connectivity index is 2.25. The molecule has 0 aliphatic carbocycles. The van der Waals surface area contributed by atoms with Crippen molar-refractivity contribution in [2.24, 2.45) is 11.8 Å². The van der Waals surface area contributed by atoms with E-state index in [9.17, 15) is 5.11 Å². The van der Waals surface area contributed by atoms with Gasteiger partial charge in [0.2, 0.25) is 0 Å². The highest BCUT2D eigenvalue weighted by Crippen LogP contribution is 2.43. The molecule has 1 aliphatic heterocycles. The van der Waals surface area contributed by atoms with Gasteiger partial charge in [-0.25, -0.2) is 0 Å². The van der Waals surface area contributed by atoms with E-state index in [-0.39, 0.29) is 17.9 Å². The van der Waals surface area contributed by atoms with E-state index >= 15 is 0 Å². The van der Waals surface area contributed by atoms with Crippen molar-refractivity contribution in [3.63, 3.8) is 0 Å². The van der Waals surface area contributed by atoms with Crippen LogP contribution in [0.4, 0.5) is 0 Å². The van der Waals surface area contributed by atoms with Gasteiger partial charge in [-0.3, -0.25) is 0 Å². The highest BCUT2D eigenvalue weighted by molar-refractivity contribution is 5.35. The lowest BCUT2D eigenvalue weighted by molar-refractivity contribution is -0.111. The molecule has 0 spiro atoms. The molecule has 1 aliphatic rings. The molecular formula is C16H24O3. The van der Waals surface area contributed by atoms with Crippen LogP contribution in [-0.4, -0.2) is 31.5 Å². The summed E-state index contributed by atoms with van der Waals surface area (Å²) in [7, 11) is 0. The fourth-order valence-electron chi connectivity index (χ4n) is 2.99. The first-order valence-corrected chi connectivity index (χ1v) is 7.06. The van der Waals surface area contributed by atoms with Crippen LogP contribution in [0.3, 0.4) is 0 Å². The predicted octanol–water partition coefficient (Wildman–Crippen LogP) is 2.62. The molecule has 1 N–H and O–H groups in total. The third-order valence-electron chi connectivity index (χ3n) is 4.17. The maximum atomic E-state index is 9.72. The van der Waals surface area contributed by atoms with E-state index in [1.165, 1.54) is 5.56 Å². The Morgan fingerprint density at radius 3 is 2.26 bits per heavy atom. The average molecular weight is 264 g/mol. The third-order valence-corrected chi connectivity index (χ3v) is 4.17. The molecule has 2 rings (SSSR count). The second-order valence-electron chi connectivity index (χ2n) is 5.64. The van der Waals surface area contributed by atoms with Gasteiger partial charge >= 0.3 is 0 Å². The zero-order chi connectivity index (χ0) is 13.9. The minimum absolute atomic E-state index is 0.0341. The van der Waals surface area contributed by atoms with Crippen LogP contribution in [-0.2, 0) is 10.2 Å². The smallest absolute Gasteiger partial charge is 0.119 e. The van der Waals surface area contributed by atoms with Crippen LogP contribution in [0.15, 0.2) is 24.3 Å². The Kier molecular flexibility index (Phi) is 4.48. The number of benzene rings is 1. The summed E-state index contributed by atoms with van der Waals surface area (Å²) in [5.74, 6) is 1.56. The summed E-state index contributed by atoms with van der Waals surface area (Å²) in [6, 6.07) is 8.23. The predicted molar refractivity (Wildman–Crippen MR) is 75.5 cm³/mol. The van der Waals surface area contributed by atoms with E-state index in [1.807, 2.05) is 19.1 Å². The van der Waals surface area contributed by atoms with Crippen molar-refractivity contribution in [2.75, 3.05) is 26.4 Å². The first-order chi connectivity index (χ1) is 9.14. The number of ether oxygens (including phenoxy) is 2. The number of hydrogen-bond donors (Lipinski definition) is 1. The van der Waals surface area contributed by atoms with Crippen molar-refractivity contribution >= 4 is 0 Å². The number of hydrogen-bond acceptors (Lipinski definition) is 3. The van der Waals surface area contributed by atoms with E-state index in [0.29, 0.717) is 25.7 Å². The highest BCUT2D eigenvalue weighted by atomic mass is 16.5. The van der Waals surface area contributed by atoms with Crippen LogP contribution in [0.2, 0.25) is 0 Å². The molecular weight excluding hydrogens is 240 g/mol. The van der Waals surface area contributed by atoms with Gasteiger partial charge < -0.3 is 14.6 Å². The average Bonchev–Trinajstić information content (AvgIpc) is 2.34. The van der Waals surface area contributed by atoms with Gasteiger partial charge in [-0.1, -0.05) is 26.0 Å². The monoisotopic (exact) mass is 264 g/mol. The lowest BCUT2D eigenvalue weighted by atomic mass is 9.65.